The molecule has 1 aliphatic rings. The number of tetrazole rings is 1. The summed E-state index contributed by atoms with van der Waals surface area (Å²) in [7, 11) is 0. The molecule has 0 aliphatic carbocycles. The molecule has 0 amide bonds. The molecule has 0 spiro atoms. The van der Waals surface area contributed by atoms with Gasteiger partial charge in [-0.1, -0.05) is 7.43 Å². The standard InChI is InChI=1S/C16H15BrFN7O.CH4/c17-12-2-1-10(18)7-14(12)26-11-3-5-25(6-4-11)15-9-19-13(8-20-15)16-21-23-24-22-16;/h1-2,7-9,11H,3-6H2,(H,21,22,23,24);1H4. The van der Waals surface area contributed by atoms with E-state index in [0.717, 1.165) is 36.2 Å². The Kier molecular flexibility index (Phi) is 5.94. The van der Waals surface area contributed by atoms with Gasteiger partial charge in [0.1, 0.15) is 29.2 Å². The van der Waals surface area contributed by atoms with E-state index in [9.17, 15) is 4.39 Å². The lowest BCUT2D eigenvalue weighted by Crippen LogP contribution is -2.38. The first kappa shape index (κ1) is 19.2. The fourth-order valence-electron chi connectivity index (χ4n) is 2.82. The van der Waals surface area contributed by atoms with Crippen LogP contribution in [0.2, 0.25) is 0 Å². The Hall–Kier alpha value is -2.62. The summed E-state index contributed by atoms with van der Waals surface area (Å²) >= 11 is 3.39. The summed E-state index contributed by atoms with van der Waals surface area (Å²) in [4.78, 5) is 10.9. The van der Waals surface area contributed by atoms with Crippen LogP contribution in [0.25, 0.3) is 11.5 Å². The molecule has 1 saturated heterocycles. The number of ether oxygens (including phenoxy) is 1. The molecule has 142 valence electrons. The number of nitrogens with one attached hydrogen (secondary N) is 1. The van der Waals surface area contributed by atoms with Gasteiger partial charge in [-0.05, 0) is 33.3 Å². The highest BCUT2D eigenvalue weighted by atomic mass is 79.9. The molecule has 0 bridgehead atoms. The number of H-pyrrole nitrogens is 1. The van der Waals surface area contributed by atoms with Crippen LogP contribution in [0.15, 0.2) is 35.1 Å². The summed E-state index contributed by atoms with van der Waals surface area (Å²) < 4.78 is 20.1. The van der Waals surface area contributed by atoms with Crippen LogP contribution in [0.5, 0.6) is 5.75 Å². The van der Waals surface area contributed by atoms with Gasteiger partial charge in [0.05, 0.1) is 16.9 Å². The second kappa shape index (κ2) is 8.38. The minimum absolute atomic E-state index is 0. The molecule has 4 rings (SSSR count). The molecule has 27 heavy (non-hydrogen) atoms. The monoisotopic (exact) mass is 435 g/mol. The minimum atomic E-state index is -0.308. The summed E-state index contributed by atoms with van der Waals surface area (Å²) in [6.07, 6.45) is 5.01. The van der Waals surface area contributed by atoms with E-state index in [0.29, 0.717) is 17.3 Å². The lowest BCUT2D eigenvalue weighted by molar-refractivity contribution is 0.169. The summed E-state index contributed by atoms with van der Waals surface area (Å²) in [5.41, 5.74) is 0.566. The molecule has 2 aromatic heterocycles. The molecule has 1 N–H and O–H groups in total. The predicted molar refractivity (Wildman–Crippen MR) is 102 cm³/mol. The molecule has 0 unspecified atom stereocenters. The van der Waals surface area contributed by atoms with Gasteiger partial charge in [0.15, 0.2) is 0 Å². The van der Waals surface area contributed by atoms with E-state index in [4.69, 9.17) is 4.74 Å². The molecule has 1 aromatic carbocycles. The first-order valence-corrected chi connectivity index (χ1v) is 8.91. The van der Waals surface area contributed by atoms with Crippen LogP contribution in [-0.2, 0) is 0 Å². The van der Waals surface area contributed by atoms with Gasteiger partial charge in [0.2, 0.25) is 5.82 Å². The molecule has 0 atom stereocenters. The van der Waals surface area contributed by atoms with Crippen molar-refractivity contribution >= 4 is 21.7 Å². The minimum Gasteiger partial charge on any atom is -0.489 e. The molecule has 3 aromatic rings. The SMILES string of the molecule is C.Fc1ccc(Br)c(OC2CCN(c3cnc(-c4nn[nH]n4)cn3)CC2)c1. The lowest BCUT2D eigenvalue weighted by Gasteiger charge is -2.32. The largest absolute Gasteiger partial charge is 0.489 e. The number of hydrogen-bond donors (Lipinski definition) is 1. The number of aromatic nitrogens is 6. The van der Waals surface area contributed by atoms with E-state index in [1.165, 1.54) is 12.1 Å². The highest BCUT2D eigenvalue weighted by Crippen LogP contribution is 2.29. The summed E-state index contributed by atoms with van der Waals surface area (Å²) in [5.74, 6) is 1.43. The third-order valence-electron chi connectivity index (χ3n) is 4.17. The first-order valence-electron chi connectivity index (χ1n) is 8.11. The molecular formula is C17H19BrFN7O. The smallest absolute Gasteiger partial charge is 0.224 e. The Bertz CT molecular complexity index is 867. The van der Waals surface area contributed by atoms with Gasteiger partial charge in [0.25, 0.3) is 0 Å². The van der Waals surface area contributed by atoms with Crippen molar-refractivity contribution in [3.8, 4) is 17.3 Å². The Balaban J connectivity index is 0.00000210. The number of anilines is 1. The maximum Gasteiger partial charge on any atom is 0.224 e. The fourth-order valence-corrected chi connectivity index (χ4v) is 3.16. The first-order chi connectivity index (χ1) is 12.7. The summed E-state index contributed by atoms with van der Waals surface area (Å²) in [5, 5.41) is 13.7. The zero-order chi connectivity index (χ0) is 17.9. The van der Waals surface area contributed by atoms with Crippen molar-refractivity contribution in [1.82, 2.24) is 30.6 Å². The van der Waals surface area contributed by atoms with Gasteiger partial charge in [0, 0.05) is 32.0 Å². The summed E-state index contributed by atoms with van der Waals surface area (Å²) in [6, 6.07) is 4.45. The van der Waals surface area contributed by atoms with E-state index in [-0.39, 0.29) is 19.3 Å². The number of aromatic amines is 1. The fraction of sp³-hybridized carbons (Fsp3) is 0.353. The van der Waals surface area contributed by atoms with Crippen LogP contribution in [0.3, 0.4) is 0 Å². The van der Waals surface area contributed by atoms with Crippen molar-refractivity contribution in [1.29, 1.82) is 0 Å². The van der Waals surface area contributed by atoms with Crippen LogP contribution < -0.4 is 9.64 Å². The number of nitrogens with zero attached hydrogens (tertiary/aromatic N) is 6. The molecular weight excluding hydrogens is 417 g/mol. The molecule has 10 heteroatoms. The highest BCUT2D eigenvalue weighted by molar-refractivity contribution is 9.10. The molecule has 0 radical (unpaired) electrons. The normalized spacial score (nSPS) is 14.7. The average molecular weight is 436 g/mol. The average Bonchev–Trinajstić information content (AvgIpc) is 3.20. The van der Waals surface area contributed by atoms with Gasteiger partial charge in [-0.2, -0.15) is 5.21 Å². The van der Waals surface area contributed by atoms with Crippen LogP contribution in [0, 0.1) is 5.82 Å². The second-order valence-corrected chi connectivity index (χ2v) is 6.73. The van der Waals surface area contributed by atoms with Gasteiger partial charge in [-0.3, -0.25) is 0 Å². The molecule has 8 nitrogen and oxygen atoms in total. The highest BCUT2D eigenvalue weighted by Gasteiger charge is 2.22. The predicted octanol–water partition coefficient (Wildman–Crippen LogP) is 3.24. The van der Waals surface area contributed by atoms with E-state index < -0.39 is 0 Å². The van der Waals surface area contributed by atoms with Gasteiger partial charge >= 0.3 is 0 Å². The zero-order valence-electron chi connectivity index (χ0n) is 13.6. The van der Waals surface area contributed by atoms with Gasteiger partial charge < -0.3 is 9.64 Å². The van der Waals surface area contributed by atoms with Crippen LogP contribution in [0.4, 0.5) is 10.2 Å². The van der Waals surface area contributed by atoms with Crippen molar-refractivity contribution in [2.24, 2.45) is 0 Å². The Morgan fingerprint density at radius 2 is 2.00 bits per heavy atom. The van der Waals surface area contributed by atoms with Crippen molar-refractivity contribution in [3.63, 3.8) is 0 Å². The van der Waals surface area contributed by atoms with E-state index in [1.54, 1.807) is 18.5 Å². The topological polar surface area (TPSA) is 92.7 Å². The molecule has 0 saturated carbocycles. The maximum absolute atomic E-state index is 13.4. The third kappa shape index (κ3) is 4.38. The van der Waals surface area contributed by atoms with Crippen molar-refractivity contribution in [2.45, 2.75) is 26.4 Å². The Labute approximate surface area is 164 Å². The number of rotatable bonds is 4. The zero-order valence-corrected chi connectivity index (χ0v) is 15.2. The maximum atomic E-state index is 13.4. The number of piperidine rings is 1. The van der Waals surface area contributed by atoms with Crippen LogP contribution in [0.1, 0.15) is 20.3 Å². The number of hydrogen-bond acceptors (Lipinski definition) is 7. The third-order valence-corrected chi connectivity index (χ3v) is 4.82. The Morgan fingerprint density at radius 1 is 1.19 bits per heavy atom. The molecule has 1 aliphatic heterocycles. The molecule has 1 fully saturated rings. The van der Waals surface area contributed by atoms with Gasteiger partial charge in [-0.25, -0.2) is 14.4 Å². The van der Waals surface area contributed by atoms with Crippen molar-refractivity contribution in [3.05, 3.63) is 40.9 Å². The molecule has 3 heterocycles. The Morgan fingerprint density at radius 3 is 2.67 bits per heavy atom. The van der Waals surface area contributed by atoms with E-state index in [2.05, 4.69) is 51.4 Å². The van der Waals surface area contributed by atoms with E-state index >= 15 is 0 Å². The summed E-state index contributed by atoms with van der Waals surface area (Å²) in [6.45, 7) is 1.57. The quantitative estimate of drug-likeness (QED) is 0.671. The second-order valence-electron chi connectivity index (χ2n) is 5.87. The number of benzene rings is 1. The van der Waals surface area contributed by atoms with Crippen molar-refractivity contribution < 1.29 is 9.13 Å². The van der Waals surface area contributed by atoms with Crippen LogP contribution in [-0.4, -0.2) is 49.8 Å². The number of halogens is 2. The van der Waals surface area contributed by atoms with Gasteiger partial charge in [-0.15, -0.1) is 10.2 Å². The van der Waals surface area contributed by atoms with Crippen LogP contribution >= 0.6 is 15.9 Å². The van der Waals surface area contributed by atoms with E-state index in [1.807, 2.05) is 0 Å². The lowest BCUT2D eigenvalue weighted by atomic mass is 10.1. The van der Waals surface area contributed by atoms with Crippen molar-refractivity contribution in [2.75, 3.05) is 18.0 Å².